The van der Waals surface area contributed by atoms with Crippen LogP contribution in [0.15, 0.2) is 53.4 Å². The summed E-state index contributed by atoms with van der Waals surface area (Å²) in [5.41, 5.74) is 2.02. The van der Waals surface area contributed by atoms with Gasteiger partial charge in [0.15, 0.2) is 0 Å². The van der Waals surface area contributed by atoms with Crippen LogP contribution in [0.3, 0.4) is 0 Å². The second kappa shape index (κ2) is 6.46. The topological polar surface area (TPSA) is 77.9 Å². The quantitative estimate of drug-likeness (QED) is 0.562. The molecule has 0 saturated carbocycles. The van der Waals surface area contributed by atoms with Crippen LogP contribution in [0.4, 0.5) is 5.69 Å². The molecule has 0 spiro atoms. The van der Waals surface area contributed by atoms with E-state index in [1.807, 2.05) is 23.6 Å². The van der Waals surface area contributed by atoms with E-state index in [4.69, 9.17) is 10.00 Å². The van der Waals surface area contributed by atoms with Gasteiger partial charge in [0.1, 0.15) is 16.8 Å². The van der Waals surface area contributed by atoms with Crippen LogP contribution < -0.4 is 10.1 Å². The number of rotatable bonds is 4. The Morgan fingerprint density at radius 1 is 1.22 bits per heavy atom. The molecule has 6 heteroatoms. The van der Waals surface area contributed by atoms with Gasteiger partial charge in [-0.25, -0.2) is 0 Å². The van der Waals surface area contributed by atoms with Crippen molar-refractivity contribution in [3.63, 3.8) is 0 Å². The highest BCUT2D eigenvalue weighted by atomic mass is 32.2. The van der Waals surface area contributed by atoms with Crippen LogP contribution in [0.2, 0.25) is 0 Å². The summed E-state index contributed by atoms with van der Waals surface area (Å²) in [7, 11) is 1.61. The van der Waals surface area contributed by atoms with Gasteiger partial charge in [-0.1, -0.05) is 0 Å². The maximum atomic E-state index is 12.3. The number of thioether (sulfide) groups is 1. The molecule has 3 rings (SSSR count). The van der Waals surface area contributed by atoms with Crippen molar-refractivity contribution in [2.75, 3.05) is 12.4 Å². The number of aromatic amines is 1. The number of anilines is 1. The van der Waals surface area contributed by atoms with E-state index in [9.17, 15) is 4.79 Å². The third-order valence-corrected chi connectivity index (χ3v) is 3.95. The monoisotopic (exact) mass is 323 g/mol. The van der Waals surface area contributed by atoms with Crippen molar-refractivity contribution < 1.29 is 9.53 Å². The molecule has 2 aromatic carbocycles. The van der Waals surface area contributed by atoms with Gasteiger partial charge in [0, 0.05) is 21.5 Å². The van der Waals surface area contributed by atoms with Crippen LogP contribution in [0.1, 0.15) is 10.5 Å². The molecule has 2 N–H and O–H groups in total. The average molecular weight is 323 g/mol. The van der Waals surface area contributed by atoms with Crippen LogP contribution >= 0.6 is 11.8 Å². The van der Waals surface area contributed by atoms with Crippen molar-refractivity contribution in [3.8, 4) is 11.2 Å². The summed E-state index contributed by atoms with van der Waals surface area (Å²) in [5.74, 6) is 0.523. The van der Waals surface area contributed by atoms with E-state index in [1.54, 1.807) is 37.4 Å². The molecule has 0 saturated heterocycles. The number of thiocyanates is 1. The third kappa shape index (κ3) is 3.30. The zero-order valence-electron chi connectivity index (χ0n) is 12.3. The number of methoxy groups -OCH3 is 1. The molecule has 23 heavy (non-hydrogen) atoms. The van der Waals surface area contributed by atoms with E-state index >= 15 is 0 Å². The van der Waals surface area contributed by atoms with Crippen molar-refractivity contribution in [1.82, 2.24) is 4.98 Å². The number of carbonyl (C=O) groups excluding carboxylic acids is 1. The molecule has 3 aromatic rings. The summed E-state index contributed by atoms with van der Waals surface area (Å²) >= 11 is 1.08. The van der Waals surface area contributed by atoms with E-state index in [-0.39, 0.29) is 5.91 Å². The molecule has 0 unspecified atom stereocenters. The van der Waals surface area contributed by atoms with E-state index < -0.39 is 0 Å². The molecular weight excluding hydrogens is 310 g/mol. The Balaban J connectivity index is 1.78. The predicted molar refractivity (Wildman–Crippen MR) is 90.7 cm³/mol. The standard InChI is InChI=1S/C17H13N3O2S/c1-22-13-4-7-15-11(8-13)9-16(20-15)17(21)19-12-2-5-14(6-3-12)23-10-18/h2-9,20H,1H3,(H,19,21). The van der Waals surface area contributed by atoms with Gasteiger partial charge in [-0.15, -0.1) is 0 Å². The van der Waals surface area contributed by atoms with Gasteiger partial charge in [-0.2, -0.15) is 5.26 Å². The number of nitrogens with zero attached hydrogens (tertiary/aromatic N) is 1. The Morgan fingerprint density at radius 3 is 2.70 bits per heavy atom. The van der Waals surface area contributed by atoms with Crippen LogP contribution in [0.25, 0.3) is 10.9 Å². The second-order valence-electron chi connectivity index (χ2n) is 4.81. The first kappa shape index (κ1) is 15.0. The largest absolute Gasteiger partial charge is 0.497 e. The molecule has 0 atom stereocenters. The number of ether oxygens (including phenoxy) is 1. The number of aromatic nitrogens is 1. The molecule has 1 heterocycles. The maximum Gasteiger partial charge on any atom is 0.272 e. The first-order valence-corrected chi connectivity index (χ1v) is 7.65. The molecule has 0 aliphatic rings. The number of hydrogen-bond donors (Lipinski definition) is 2. The Hall–Kier alpha value is -2.91. The smallest absolute Gasteiger partial charge is 0.272 e. The molecule has 0 fully saturated rings. The Morgan fingerprint density at radius 2 is 2.00 bits per heavy atom. The minimum absolute atomic E-state index is 0.221. The highest BCUT2D eigenvalue weighted by Gasteiger charge is 2.10. The fourth-order valence-corrected chi connectivity index (χ4v) is 2.60. The van der Waals surface area contributed by atoms with Gasteiger partial charge < -0.3 is 15.0 Å². The van der Waals surface area contributed by atoms with E-state index in [0.29, 0.717) is 11.4 Å². The first-order chi connectivity index (χ1) is 11.2. The Labute approximate surface area is 137 Å². The molecule has 1 amide bonds. The lowest BCUT2D eigenvalue weighted by atomic mass is 10.2. The normalized spacial score (nSPS) is 10.3. The fourth-order valence-electron chi connectivity index (χ4n) is 2.22. The molecule has 5 nitrogen and oxygen atoms in total. The lowest BCUT2D eigenvalue weighted by Crippen LogP contribution is -2.11. The second-order valence-corrected chi connectivity index (χ2v) is 5.67. The van der Waals surface area contributed by atoms with Crippen molar-refractivity contribution in [2.45, 2.75) is 4.90 Å². The number of fused-ring (bicyclic) bond motifs is 1. The number of nitriles is 1. The maximum absolute atomic E-state index is 12.3. The van der Waals surface area contributed by atoms with E-state index in [2.05, 4.69) is 10.3 Å². The van der Waals surface area contributed by atoms with E-state index in [1.165, 1.54) is 0 Å². The number of nitrogens with one attached hydrogen (secondary N) is 2. The molecule has 0 aliphatic heterocycles. The lowest BCUT2D eigenvalue weighted by molar-refractivity contribution is 0.102. The summed E-state index contributed by atoms with van der Waals surface area (Å²) in [6.45, 7) is 0. The lowest BCUT2D eigenvalue weighted by Gasteiger charge is -2.03. The number of H-pyrrole nitrogens is 1. The fraction of sp³-hybridized carbons (Fsp3) is 0.0588. The molecule has 0 radical (unpaired) electrons. The average Bonchev–Trinajstić information content (AvgIpc) is 3.00. The predicted octanol–water partition coefficient (Wildman–Crippen LogP) is 4.00. The van der Waals surface area contributed by atoms with Gasteiger partial charge in [-0.05, 0) is 60.3 Å². The molecule has 0 bridgehead atoms. The minimum atomic E-state index is -0.221. The molecule has 1 aromatic heterocycles. The summed E-state index contributed by atoms with van der Waals surface area (Å²) in [6.07, 6.45) is 0. The molecule has 114 valence electrons. The van der Waals surface area contributed by atoms with Gasteiger partial charge in [-0.3, -0.25) is 4.79 Å². The van der Waals surface area contributed by atoms with Crippen LogP contribution in [0, 0.1) is 10.7 Å². The Kier molecular flexibility index (Phi) is 4.22. The zero-order valence-corrected chi connectivity index (χ0v) is 13.1. The van der Waals surface area contributed by atoms with Gasteiger partial charge in [0.05, 0.1) is 7.11 Å². The van der Waals surface area contributed by atoms with Crippen LogP contribution in [0.5, 0.6) is 5.75 Å². The molecular formula is C17H13N3O2S. The van der Waals surface area contributed by atoms with E-state index in [0.717, 1.165) is 33.3 Å². The van der Waals surface area contributed by atoms with Crippen molar-refractivity contribution in [1.29, 1.82) is 5.26 Å². The number of benzene rings is 2. The van der Waals surface area contributed by atoms with Gasteiger partial charge in [0.2, 0.25) is 0 Å². The summed E-state index contributed by atoms with van der Waals surface area (Å²) in [4.78, 5) is 16.2. The van der Waals surface area contributed by atoms with Gasteiger partial charge >= 0.3 is 0 Å². The molecule has 0 aliphatic carbocycles. The number of hydrogen-bond acceptors (Lipinski definition) is 4. The summed E-state index contributed by atoms with van der Waals surface area (Å²) in [6, 6.07) is 14.5. The van der Waals surface area contributed by atoms with Crippen LogP contribution in [-0.2, 0) is 0 Å². The van der Waals surface area contributed by atoms with Crippen molar-refractivity contribution in [2.24, 2.45) is 0 Å². The highest BCUT2D eigenvalue weighted by Crippen LogP contribution is 2.23. The van der Waals surface area contributed by atoms with Crippen LogP contribution in [-0.4, -0.2) is 18.0 Å². The minimum Gasteiger partial charge on any atom is -0.497 e. The van der Waals surface area contributed by atoms with Crippen molar-refractivity contribution in [3.05, 3.63) is 54.2 Å². The highest BCUT2D eigenvalue weighted by molar-refractivity contribution is 8.03. The summed E-state index contributed by atoms with van der Waals surface area (Å²) < 4.78 is 5.18. The zero-order chi connectivity index (χ0) is 16.2. The first-order valence-electron chi connectivity index (χ1n) is 6.84. The number of amides is 1. The third-order valence-electron chi connectivity index (χ3n) is 3.35. The van der Waals surface area contributed by atoms with Gasteiger partial charge in [0.25, 0.3) is 5.91 Å². The summed E-state index contributed by atoms with van der Waals surface area (Å²) in [5, 5.41) is 14.4. The number of carbonyl (C=O) groups is 1. The Bertz CT molecular complexity index is 894. The van der Waals surface area contributed by atoms with Crippen molar-refractivity contribution >= 4 is 34.3 Å². The SMILES string of the molecule is COc1ccc2[nH]c(C(=O)Nc3ccc(SC#N)cc3)cc2c1.